The molecule has 0 aliphatic heterocycles. The van der Waals surface area contributed by atoms with Crippen LogP contribution in [0.15, 0.2) is 18.2 Å². The molecule has 1 aromatic rings. The lowest BCUT2D eigenvalue weighted by atomic mass is 10.0. The van der Waals surface area contributed by atoms with Crippen LogP contribution in [-0.4, -0.2) is 6.61 Å². The van der Waals surface area contributed by atoms with E-state index in [9.17, 15) is 0 Å². The molecule has 2 nitrogen and oxygen atoms in total. The third-order valence-electron chi connectivity index (χ3n) is 2.65. The summed E-state index contributed by atoms with van der Waals surface area (Å²) in [4.78, 5) is 0. The van der Waals surface area contributed by atoms with Crippen molar-refractivity contribution in [3.63, 3.8) is 0 Å². The van der Waals surface area contributed by atoms with E-state index in [0.29, 0.717) is 6.54 Å². The highest BCUT2D eigenvalue weighted by molar-refractivity contribution is 5.45. The fraction of sp³-hybridized carbons (Fsp3) is 0.500. The predicted molar refractivity (Wildman–Crippen MR) is 57.5 cm³/mol. The van der Waals surface area contributed by atoms with Crippen LogP contribution in [0.5, 0.6) is 5.75 Å². The molecular weight excluding hydrogens is 174 g/mol. The summed E-state index contributed by atoms with van der Waals surface area (Å²) in [6.45, 7) is 3.30. The van der Waals surface area contributed by atoms with Gasteiger partial charge in [0, 0.05) is 12.1 Å². The molecule has 1 fully saturated rings. The first-order chi connectivity index (χ1) is 6.86. The highest BCUT2D eigenvalue weighted by Crippen LogP contribution is 2.45. The van der Waals surface area contributed by atoms with Crippen LogP contribution in [0.1, 0.15) is 36.8 Å². The third-order valence-corrected chi connectivity index (χ3v) is 2.65. The number of benzene rings is 1. The minimum atomic E-state index is 0.565. The SMILES string of the molecule is CCOc1c(CN)cccc1C1CC1. The first kappa shape index (κ1) is 9.53. The Morgan fingerprint density at radius 2 is 2.21 bits per heavy atom. The smallest absolute Gasteiger partial charge is 0.127 e. The summed E-state index contributed by atoms with van der Waals surface area (Å²) in [5.74, 6) is 1.77. The molecule has 1 aliphatic rings. The average molecular weight is 191 g/mol. The second kappa shape index (κ2) is 4.01. The Hall–Kier alpha value is -1.02. The Kier molecular flexibility index (Phi) is 2.73. The van der Waals surface area contributed by atoms with Gasteiger partial charge in [0.05, 0.1) is 6.61 Å². The van der Waals surface area contributed by atoms with Gasteiger partial charge in [0.1, 0.15) is 5.75 Å². The third kappa shape index (κ3) is 1.75. The van der Waals surface area contributed by atoms with Gasteiger partial charge >= 0.3 is 0 Å². The molecule has 1 aliphatic carbocycles. The van der Waals surface area contributed by atoms with E-state index in [1.165, 1.54) is 18.4 Å². The van der Waals surface area contributed by atoms with Gasteiger partial charge in [-0.25, -0.2) is 0 Å². The standard InChI is InChI=1S/C12H17NO/c1-2-14-12-10(8-13)4-3-5-11(12)9-6-7-9/h3-5,9H,2,6-8,13H2,1H3. The maximum Gasteiger partial charge on any atom is 0.127 e. The predicted octanol–water partition coefficient (Wildman–Crippen LogP) is 2.42. The molecule has 14 heavy (non-hydrogen) atoms. The van der Waals surface area contributed by atoms with Crippen LogP contribution in [0.2, 0.25) is 0 Å². The number of hydrogen-bond donors (Lipinski definition) is 1. The van der Waals surface area contributed by atoms with Crippen LogP contribution >= 0.6 is 0 Å². The lowest BCUT2D eigenvalue weighted by Gasteiger charge is -2.13. The van der Waals surface area contributed by atoms with E-state index >= 15 is 0 Å². The zero-order valence-electron chi connectivity index (χ0n) is 8.62. The molecule has 2 heteroatoms. The summed E-state index contributed by atoms with van der Waals surface area (Å²) in [5.41, 5.74) is 8.18. The van der Waals surface area contributed by atoms with Gasteiger partial charge in [-0.05, 0) is 31.2 Å². The van der Waals surface area contributed by atoms with Gasteiger partial charge < -0.3 is 10.5 Å². The monoisotopic (exact) mass is 191 g/mol. The number of rotatable bonds is 4. The van der Waals surface area contributed by atoms with E-state index in [-0.39, 0.29) is 0 Å². The molecule has 2 N–H and O–H groups in total. The van der Waals surface area contributed by atoms with E-state index in [1.54, 1.807) is 0 Å². The molecule has 1 saturated carbocycles. The van der Waals surface area contributed by atoms with E-state index in [0.717, 1.165) is 23.8 Å². The summed E-state index contributed by atoms with van der Waals surface area (Å²) in [5, 5.41) is 0. The van der Waals surface area contributed by atoms with Gasteiger partial charge in [-0.2, -0.15) is 0 Å². The van der Waals surface area contributed by atoms with Crippen molar-refractivity contribution in [1.29, 1.82) is 0 Å². The molecule has 0 unspecified atom stereocenters. The first-order valence-corrected chi connectivity index (χ1v) is 5.31. The molecule has 0 saturated heterocycles. The zero-order valence-corrected chi connectivity index (χ0v) is 8.62. The van der Waals surface area contributed by atoms with Crippen LogP contribution in [0.25, 0.3) is 0 Å². The summed E-state index contributed by atoms with van der Waals surface area (Å²) >= 11 is 0. The molecule has 1 aromatic carbocycles. The van der Waals surface area contributed by atoms with E-state index < -0.39 is 0 Å². The maximum atomic E-state index is 5.69. The molecule has 0 atom stereocenters. The van der Waals surface area contributed by atoms with Gasteiger partial charge in [-0.15, -0.1) is 0 Å². The molecule has 0 spiro atoms. The molecule has 2 rings (SSSR count). The van der Waals surface area contributed by atoms with E-state index in [1.807, 2.05) is 6.92 Å². The van der Waals surface area contributed by atoms with E-state index in [4.69, 9.17) is 10.5 Å². The van der Waals surface area contributed by atoms with Crippen molar-refractivity contribution in [2.45, 2.75) is 32.2 Å². The lowest BCUT2D eigenvalue weighted by Crippen LogP contribution is -2.04. The summed E-state index contributed by atoms with van der Waals surface area (Å²) < 4.78 is 5.68. The quantitative estimate of drug-likeness (QED) is 0.793. The van der Waals surface area contributed by atoms with Gasteiger partial charge in [0.25, 0.3) is 0 Å². The first-order valence-electron chi connectivity index (χ1n) is 5.31. The minimum absolute atomic E-state index is 0.565. The van der Waals surface area contributed by atoms with Gasteiger partial charge in [-0.1, -0.05) is 18.2 Å². The van der Waals surface area contributed by atoms with E-state index in [2.05, 4.69) is 18.2 Å². The summed E-state index contributed by atoms with van der Waals surface area (Å²) in [7, 11) is 0. The fourth-order valence-electron chi connectivity index (χ4n) is 1.80. The summed E-state index contributed by atoms with van der Waals surface area (Å²) in [6.07, 6.45) is 2.60. The van der Waals surface area contributed by atoms with Crippen LogP contribution < -0.4 is 10.5 Å². The van der Waals surface area contributed by atoms with Gasteiger partial charge in [0.2, 0.25) is 0 Å². The second-order valence-electron chi connectivity index (χ2n) is 3.75. The number of hydrogen-bond acceptors (Lipinski definition) is 2. The molecular formula is C12H17NO. The Morgan fingerprint density at radius 1 is 1.43 bits per heavy atom. The normalized spacial score (nSPS) is 15.6. The topological polar surface area (TPSA) is 35.2 Å². The Morgan fingerprint density at radius 3 is 2.79 bits per heavy atom. The van der Waals surface area contributed by atoms with Crippen LogP contribution in [-0.2, 0) is 6.54 Å². The summed E-state index contributed by atoms with van der Waals surface area (Å²) in [6, 6.07) is 6.30. The molecule has 0 amide bonds. The van der Waals surface area contributed by atoms with Gasteiger partial charge in [-0.3, -0.25) is 0 Å². The maximum absolute atomic E-state index is 5.69. The largest absolute Gasteiger partial charge is 0.493 e. The van der Waals surface area contributed by atoms with Crippen molar-refractivity contribution in [2.75, 3.05) is 6.61 Å². The highest BCUT2D eigenvalue weighted by atomic mass is 16.5. The van der Waals surface area contributed by atoms with Crippen molar-refractivity contribution in [3.8, 4) is 5.75 Å². The number of para-hydroxylation sites is 1. The lowest BCUT2D eigenvalue weighted by molar-refractivity contribution is 0.333. The molecule has 76 valence electrons. The fourth-order valence-corrected chi connectivity index (χ4v) is 1.80. The molecule has 0 radical (unpaired) electrons. The van der Waals surface area contributed by atoms with Crippen molar-refractivity contribution in [2.24, 2.45) is 5.73 Å². The zero-order chi connectivity index (χ0) is 9.97. The molecule has 0 aromatic heterocycles. The second-order valence-corrected chi connectivity index (χ2v) is 3.75. The molecule has 0 heterocycles. The van der Waals surface area contributed by atoms with Gasteiger partial charge in [0.15, 0.2) is 0 Å². The minimum Gasteiger partial charge on any atom is -0.493 e. The average Bonchev–Trinajstić information content (AvgIpc) is 3.02. The van der Waals surface area contributed by atoms with Crippen molar-refractivity contribution >= 4 is 0 Å². The Labute approximate surface area is 85.1 Å². The van der Waals surface area contributed by atoms with Crippen LogP contribution in [0, 0.1) is 0 Å². The highest BCUT2D eigenvalue weighted by Gasteiger charge is 2.27. The van der Waals surface area contributed by atoms with Crippen molar-refractivity contribution in [3.05, 3.63) is 29.3 Å². The van der Waals surface area contributed by atoms with Crippen molar-refractivity contribution in [1.82, 2.24) is 0 Å². The number of ether oxygens (including phenoxy) is 1. The molecule has 0 bridgehead atoms. The van der Waals surface area contributed by atoms with Crippen molar-refractivity contribution < 1.29 is 4.74 Å². The number of nitrogens with two attached hydrogens (primary N) is 1. The van der Waals surface area contributed by atoms with Crippen LogP contribution in [0.3, 0.4) is 0 Å². The Balaban J connectivity index is 2.36. The Bertz CT molecular complexity index is 318. The van der Waals surface area contributed by atoms with Crippen LogP contribution in [0.4, 0.5) is 0 Å².